The lowest BCUT2D eigenvalue weighted by molar-refractivity contribution is -0.133. The zero-order valence-electron chi connectivity index (χ0n) is 13.0. The van der Waals surface area contributed by atoms with Gasteiger partial charge in [-0.1, -0.05) is 11.6 Å². The summed E-state index contributed by atoms with van der Waals surface area (Å²) in [6.07, 6.45) is 2.78. The molecule has 0 aliphatic rings. The normalized spacial score (nSPS) is 12.8. The highest BCUT2D eigenvalue weighted by Gasteiger charge is 2.32. The van der Waals surface area contributed by atoms with Gasteiger partial charge in [-0.2, -0.15) is 15.6 Å². The molecular formula is C16H14ClN5O2. The number of rotatable bonds is 4. The van der Waals surface area contributed by atoms with Crippen molar-refractivity contribution in [3.05, 3.63) is 46.2 Å². The average Bonchev–Trinajstić information content (AvgIpc) is 2.98. The van der Waals surface area contributed by atoms with Crippen molar-refractivity contribution >= 4 is 23.2 Å². The number of hydrogen-bond donors (Lipinski definition) is 2. The van der Waals surface area contributed by atoms with Crippen molar-refractivity contribution in [2.75, 3.05) is 5.32 Å². The van der Waals surface area contributed by atoms with Crippen molar-refractivity contribution < 1.29 is 9.90 Å². The minimum Gasteiger partial charge on any atom is -0.378 e. The Morgan fingerprint density at radius 1 is 1.46 bits per heavy atom. The molecule has 1 unspecified atom stereocenters. The van der Waals surface area contributed by atoms with E-state index < -0.39 is 11.5 Å². The molecular weight excluding hydrogens is 330 g/mol. The Balaban J connectivity index is 2.18. The topological polar surface area (TPSA) is 115 Å². The van der Waals surface area contributed by atoms with E-state index in [1.54, 1.807) is 13.0 Å². The summed E-state index contributed by atoms with van der Waals surface area (Å²) < 4.78 is 1.32. The maximum atomic E-state index is 12.4. The van der Waals surface area contributed by atoms with Gasteiger partial charge in [0.1, 0.15) is 12.1 Å². The van der Waals surface area contributed by atoms with Crippen molar-refractivity contribution in [1.29, 1.82) is 10.5 Å². The highest BCUT2D eigenvalue weighted by molar-refractivity contribution is 6.33. The summed E-state index contributed by atoms with van der Waals surface area (Å²) in [7, 11) is 0. The van der Waals surface area contributed by atoms with Crippen LogP contribution in [-0.4, -0.2) is 26.4 Å². The fourth-order valence-corrected chi connectivity index (χ4v) is 2.27. The van der Waals surface area contributed by atoms with Crippen LogP contribution >= 0.6 is 11.6 Å². The number of aliphatic hydroxyl groups is 1. The van der Waals surface area contributed by atoms with Crippen LogP contribution in [0.3, 0.4) is 0 Å². The fraction of sp³-hybridized carbons (Fsp3) is 0.250. The fourth-order valence-electron chi connectivity index (χ4n) is 2.06. The molecule has 1 aromatic carbocycles. The molecule has 2 N–H and O–H groups in total. The van der Waals surface area contributed by atoms with Gasteiger partial charge in [0.2, 0.25) is 0 Å². The minimum absolute atomic E-state index is 0.121. The van der Waals surface area contributed by atoms with Gasteiger partial charge < -0.3 is 10.4 Å². The van der Waals surface area contributed by atoms with Gasteiger partial charge in [0.05, 0.1) is 28.9 Å². The zero-order chi connectivity index (χ0) is 17.9. The molecule has 2 rings (SSSR count). The summed E-state index contributed by atoms with van der Waals surface area (Å²) in [5.74, 6) is -0.652. The van der Waals surface area contributed by atoms with Crippen molar-refractivity contribution in [3.8, 4) is 12.1 Å². The highest BCUT2D eigenvalue weighted by atomic mass is 35.5. The molecule has 0 radical (unpaired) electrons. The molecule has 0 saturated carbocycles. The van der Waals surface area contributed by atoms with Crippen LogP contribution < -0.4 is 5.32 Å². The van der Waals surface area contributed by atoms with Gasteiger partial charge in [0.15, 0.2) is 5.60 Å². The lowest BCUT2D eigenvalue weighted by atomic mass is 10.0. The third kappa shape index (κ3) is 3.54. The molecule has 0 aliphatic heterocycles. The molecule has 2 aromatic rings. The van der Waals surface area contributed by atoms with Gasteiger partial charge >= 0.3 is 0 Å². The van der Waals surface area contributed by atoms with Crippen LogP contribution in [0.4, 0.5) is 5.69 Å². The maximum absolute atomic E-state index is 12.4. The molecule has 0 bridgehead atoms. The first kappa shape index (κ1) is 17.5. The van der Waals surface area contributed by atoms with E-state index >= 15 is 0 Å². The lowest BCUT2D eigenvalue weighted by Gasteiger charge is -2.23. The van der Waals surface area contributed by atoms with Crippen LogP contribution in [0.1, 0.15) is 23.6 Å². The molecule has 122 valence electrons. The van der Waals surface area contributed by atoms with Crippen molar-refractivity contribution in [2.45, 2.75) is 26.0 Å². The van der Waals surface area contributed by atoms with E-state index in [2.05, 4.69) is 10.4 Å². The van der Waals surface area contributed by atoms with E-state index in [1.807, 2.05) is 12.1 Å². The summed E-state index contributed by atoms with van der Waals surface area (Å²) in [5, 5.41) is 34.9. The quantitative estimate of drug-likeness (QED) is 0.880. The van der Waals surface area contributed by atoms with Gasteiger partial charge in [0, 0.05) is 11.9 Å². The van der Waals surface area contributed by atoms with Crippen LogP contribution in [0.5, 0.6) is 0 Å². The third-order valence-electron chi connectivity index (χ3n) is 3.48. The third-order valence-corrected chi connectivity index (χ3v) is 3.96. The first-order valence-corrected chi connectivity index (χ1v) is 7.32. The smallest absolute Gasteiger partial charge is 0.257 e. The van der Waals surface area contributed by atoms with Crippen LogP contribution in [0.25, 0.3) is 0 Å². The van der Waals surface area contributed by atoms with Gasteiger partial charge in [0.25, 0.3) is 5.91 Å². The number of halogens is 1. The number of benzene rings is 1. The van der Waals surface area contributed by atoms with Gasteiger partial charge in [-0.05, 0) is 31.5 Å². The Bertz CT molecular complexity index is 874. The molecule has 1 amide bonds. The molecule has 7 nitrogen and oxygen atoms in total. The van der Waals surface area contributed by atoms with E-state index in [4.69, 9.17) is 22.1 Å². The SMILES string of the molecule is Cc1c(NC(=O)C(C)(O)Cn2cc(C#N)cn2)ccc(C#N)c1Cl. The van der Waals surface area contributed by atoms with E-state index in [0.29, 0.717) is 22.4 Å². The minimum atomic E-state index is -1.76. The predicted octanol–water partition coefficient (Wildman–Crippen LogP) is 1.98. The molecule has 1 atom stereocenters. The summed E-state index contributed by atoms with van der Waals surface area (Å²) in [6.45, 7) is 2.89. The van der Waals surface area contributed by atoms with Crippen molar-refractivity contribution in [3.63, 3.8) is 0 Å². The second-order valence-corrected chi connectivity index (χ2v) is 5.86. The van der Waals surface area contributed by atoms with Crippen molar-refractivity contribution in [1.82, 2.24) is 9.78 Å². The Kier molecular flexibility index (Phi) is 4.89. The molecule has 24 heavy (non-hydrogen) atoms. The number of nitrogens with zero attached hydrogens (tertiary/aromatic N) is 4. The monoisotopic (exact) mass is 343 g/mol. The Morgan fingerprint density at radius 2 is 2.17 bits per heavy atom. The van der Waals surface area contributed by atoms with Crippen LogP contribution in [0.15, 0.2) is 24.5 Å². The van der Waals surface area contributed by atoms with Gasteiger partial charge in [-0.15, -0.1) is 0 Å². The van der Waals surface area contributed by atoms with Crippen molar-refractivity contribution in [2.24, 2.45) is 0 Å². The second-order valence-electron chi connectivity index (χ2n) is 5.48. The Labute approximate surface area is 143 Å². The summed E-state index contributed by atoms with van der Waals surface area (Å²) >= 11 is 6.06. The lowest BCUT2D eigenvalue weighted by Crippen LogP contribution is -2.44. The standard InChI is InChI=1S/C16H14ClN5O2/c1-10-13(4-3-12(6-19)14(10)17)21-15(23)16(2,24)9-22-8-11(5-18)7-20-22/h3-4,7-8,24H,9H2,1-2H3,(H,21,23). The molecule has 1 heterocycles. The highest BCUT2D eigenvalue weighted by Crippen LogP contribution is 2.27. The van der Waals surface area contributed by atoms with Gasteiger partial charge in [-0.3, -0.25) is 9.48 Å². The molecule has 0 saturated heterocycles. The molecule has 0 aliphatic carbocycles. The molecule has 0 spiro atoms. The largest absolute Gasteiger partial charge is 0.378 e. The Morgan fingerprint density at radius 3 is 2.75 bits per heavy atom. The van der Waals surface area contributed by atoms with Crippen LogP contribution in [-0.2, 0) is 11.3 Å². The van der Waals surface area contributed by atoms with Gasteiger partial charge in [-0.25, -0.2) is 0 Å². The number of hydrogen-bond acceptors (Lipinski definition) is 5. The molecule has 0 fully saturated rings. The number of aromatic nitrogens is 2. The number of carbonyl (C=O) groups is 1. The van der Waals surface area contributed by atoms with Crippen LogP contribution in [0.2, 0.25) is 5.02 Å². The van der Waals surface area contributed by atoms with E-state index in [1.165, 1.54) is 30.1 Å². The second kappa shape index (κ2) is 6.71. The number of amides is 1. The molecule has 8 heteroatoms. The number of carbonyl (C=O) groups excluding carboxylic acids is 1. The van der Waals surface area contributed by atoms with E-state index in [0.717, 1.165) is 0 Å². The van der Waals surface area contributed by atoms with Crippen LogP contribution in [0, 0.1) is 29.6 Å². The summed E-state index contributed by atoms with van der Waals surface area (Å²) in [4.78, 5) is 12.4. The average molecular weight is 344 g/mol. The number of nitriles is 2. The Hall–Kier alpha value is -2.87. The number of nitrogens with one attached hydrogen (secondary N) is 1. The zero-order valence-corrected chi connectivity index (χ0v) is 13.8. The summed E-state index contributed by atoms with van der Waals surface area (Å²) in [6, 6.07) is 6.92. The number of anilines is 1. The predicted molar refractivity (Wildman–Crippen MR) is 87.1 cm³/mol. The van der Waals surface area contributed by atoms with E-state index in [-0.39, 0.29) is 11.6 Å². The summed E-state index contributed by atoms with van der Waals surface area (Å²) in [5.41, 5.74) is -0.181. The first-order valence-electron chi connectivity index (χ1n) is 6.94. The van der Waals surface area contributed by atoms with E-state index in [9.17, 15) is 9.90 Å². The maximum Gasteiger partial charge on any atom is 0.257 e. The molecule has 1 aromatic heterocycles. The first-order chi connectivity index (χ1) is 11.3.